The number of hydrogen-bond donors (Lipinski definition) is 0. The molecule has 0 aliphatic heterocycles. The van der Waals surface area contributed by atoms with E-state index >= 15 is 0 Å². The number of rotatable bonds is 1. The van der Waals surface area contributed by atoms with Crippen LogP contribution in [0.1, 0.15) is 29.2 Å². The molecule has 0 saturated carbocycles. The molecule has 106 valence electrons. The maximum Gasteiger partial charge on any atom is 0.130 e. The molecule has 0 fully saturated rings. The summed E-state index contributed by atoms with van der Waals surface area (Å²) < 4.78 is 14.3. The summed E-state index contributed by atoms with van der Waals surface area (Å²) >= 11 is 0. The first-order valence-electron chi connectivity index (χ1n) is 7.13. The zero-order valence-electron chi connectivity index (χ0n) is 12.6. The van der Waals surface area contributed by atoms with E-state index < -0.39 is 0 Å². The number of benzene rings is 2. The Kier molecular flexibility index (Phi) is 3.46. The van der Waals surface area contributed by atoms with Crippen LogP contribution in [0.2, 0.25) is 0 Å². The molecule has 1 aliphatic carbocycles. The van der Waals surface area contributed by atoms with Gasteiger partial charge >= 0.3 is 0 Å². The van der Waals surface area contributed by atoms with E-state index in [1.165, 1.54) is 5.56 Å². The van der Waals surface area contributed by atoms with Crippen LogP contribution < -0.4 is 0 Å². The molecule has 3 rings (SSSR count). The third-order valence-electron chi connectivity index (χ3n) is 4.12. The molecule has 2 aromatic rings. The van der Waals surface area contributed by atoms with E-state index in [1.807, 2.05) is 32.0 Å². The molecule has 0 heterocycles. The summed E-state index contributed by atoms with van der Waals surface area (Å²) in [5, 5.41) is 0. The quantitative estimate of drug-likeness (QED) is 0.724. The molecule has 2 aromatic carbocycles. The number of aliphatic imine (C=N–C) groups is 1. The molecule has 0 aromatic heterocycles. The lowest BCUT2D eigenvalue weighted by Gasteiger charge is -2.23. The third-order valence-corrected chi connectivity index (χ3v) is 4.12. The number of halogens is 1. The molecular weight excluding hydrogens is 261 g/mol. The maximum absolute atomic E-state index is 14.3. The summed E-state index contributed by atoms with van der Waals surface area (Å²) in [6.07, 6.45) is 0.751. The predicted octanol–water partition coefficient (Wildman–Crippen LogP) is 4.58. The van der Waals surface area contributed by atoms with Gasteiger partial charge in [0.05, 0.1) is 5.71 Å². The molecule has 2 heteroatoms. The minimum Gasteiger partial charge on any atom is -0.288 e. The van der Waals surface area contributed by atoms with E-state index in [0.717, 1.165) is 34.4 Å². The molecule has 1 aliphatic rings. The molecule has 0 spiro atoms. The summed E-state index contributed by atoms with van der Waals surface area (Å²) in [4.78, 5) is 4.43. The SMILES string of the molecule is C/N=C1\C(C)=C(c2cc(C)ccc2F)Cc2ccccc21. The normalized spacial score (nSPS) is 16.3. The van der Waals surface area contributed by atoms with Gasteiger partial charge in [0, 0.05) is 18.2 Å². The molecule has 0 atom stereocenters. The van der Waals surface area contributed by atoms with E-state index in [0.29, 0.717) is 5.56 Å². The van der Waals surface area contributed by atoms with E-state index in [9.17, 15) is 4.39 Å². The number of allylic oxidation sites excluding steroid dienone is 2. The Hall–Kier alpha value is -2.22. The Morgan fingerprint density at radius 3 is 2.52 bits per heavy atom. The molecule has 1 nitrogen and oxygen atoms in total. The lowest BCUT2D eigenvalue weighted by Crippen LogP contribution is -2.15. The van der Waals surface area contributed by atoms with Crippen LogP contribution in [-0.4, -0.2) is 12.8 Å². The van der Waals surface area contributed by atoms with Gasteiger partial charge in [-0.05, 0) is 49.1 Å². The van der Waals surface area contributed by atoms with Crippen LogP contribution in [0.15, 0.2) is 53.0 Å². The van der Waals surface area contributed by atoms with Crippen LogP contribution in [0, 0.1) is 12.7 Å². The second-order valence-corrected chi connectivity index (χ2v) is 5.49. The van der Waals surface area contributed by atoms with Crippen molar-refractivity contribution in [3.8, 4) is 0 Å². The van der Waals surface area contributed by atoms with Crippen molar-refractivity contribution in [3.63, 3.8) is 0 Å². The fourth-order valence-electron chi connectivity index (χ4n) is 3.03. The van der Waals surface area contributed by atoms with Crippen molar-refractivity contribution in [2.24, 2.45) is 4.99 Å². The van der Waals surface area contributed by atoms with Gasteiger partial charge in [0.2, 0.25) is 0 Å². The van der Waals surface area contributed by atoms with Crippen LogP contribution in [0.5, 0.6) is 0 Å². The Morgan fingerprint density at radius 2 is 1.76 bits per heavy atom. The van der Waals surface area contributed by atoms with Crippen molar-refractivity contribution >= 4 is 11.3 Å². The smallest absolute Gasteiger partial charge is 0.130 e. The highest BCUT2D eigenvalue weighted by molar-refractivity contribution is 6.19. The highest BCUT2D eigenvalue weighted by Gasteiger charge is 2.23. The molecule has 0 amide bonds. The maximum atomic E-state index is 14.3. The van der Waals surface area contributed by atoms with Gasteiger partial charge in [-0.1, -0.05) is 35.9 Å². The highest BCUT2D eigenvalue weighted by Crippen LogP contribution is 2.34. The van der Waals surface area contributed by atoms with Gasteiger partial charge in [0.15, 0.2) is 0 Å². The lowest BCUT2D eigenvalue weighted by molar-refractivity contribution is 0.623. The Bertz CT molecular complexity index is 769. The van der Waals surface area contributed by atoms with Crippen LogP contribution >= 0.6 is 0 Å². The first-order valence-corrected chi connectivity index (χ1v) is 7.13. The molecule has 0 unspecified atom stereocenters. The monoisotopic (exact) mass is 279 g/mol. The molecule has 0 bridgehead atoms. The zero-order chi connectivity index (χ0) is 15.0. The second kappa shape index (κ2) is 5.28. The standard InChI is InChI=1S/C19H18FN/c1-12-8-9-18(20)17(10-12)16-11-14-6-4-5-7-15(14)19(21-3)13(16)2/h4-10H,11H2,1-3H3/b21-19+. The first-order chi connectivity index (χ1) is 10.1. The minimum atomic E-state index is -0.162. The molecule has 0 saturated heterocycles. The lowest BCUT2D eigenvalue weighted by atomic mass is 9.82. The number of hydrogen-bond acceptors (Lipinski definition) is 1. The zero-order valence-corrected chi connectivity index (χ0v) is 12.6. The summed E-state index contributed by atoms with van der Waals surface area (Å²) in [5.41, 5.74) is 7.21. The van der Waals surface area contributed by atoms with E-state index in [1.54, 1.807) is 19.2 Å². The van der Waals surface area contributed by atoms with Gasteiger partial charge in [0.1, 0.15) is 5.82 Å². The summed E-state index contributed by atoms with van der Waals surface area (Å²) in [7, 11) is 1.80. The Labute approximate surface area is 124 Å². The first kappa shape index (κ1) is 13.7. The minimum absolute atomic E-state index is 0.162. The number of fused-ring (bicyclic) bond motifs is 1. The van der Waals surface area contributed by atoms with Gasteiger partial charge < -0.3 is 0 Å². The van der Waals surface area contributed by atoms with Gasteiger partial charge in [-0.2, -0.15) is 0 Å². The molecule has 21 heavy (non-hydrogen) atoms. The van der Waals surface area contributed by atoms with Gasteiger partial charge in [-0.25, -0.2) is 4.39 Å². The van der Waals surface area contributed by atoms with Gasteiger partial charge in [0.25, 0.3) is 0 Å². The number of aryl methyl sites for hydroxylation is 1. The Balaban J connectivity index is 2.22. The Morgan fingerprint density at radius 1 is 1.00 bits per heavy atom. The second-order valence-electron chi connectivity index (χ2n) is 5.49. The number of nitrogens with zero attached hydrogens (tertiary/aromatic N) is 1. The van der Waals surface area contributed by atoms with E-state index in [-0.39, 0.29) is 5.82 Å². The van der Waals surface area contributed by atoms with Crippen LogP contribution in [0.25, 0.3) is 5.57 Å². The third kappa shape index (κ3) is 2.31. The van der Waals surface area contributed by atoms with Crippen LogP contribution in [0.3, 0.4) is 0 Å². The topological polar surface area (TPSA) is 12.4 Å². The predicted molar refractivity (Wildman–Crippen MR) is 86.3 cm³/mol. The average molecular weight is 279 g/mol. The summed E-state index contributed by atoms with van der Waals surface area (Å²) in [5.74, 6) is -0.162. The molecular formula is C19H18FN. The van der Waals surface area contributed by atoms with Crippen LogP contribution in [0.4, 0.5) is 4.39 Å². The van der Waals surface area contributed by atoms with Crippen molar-refractivity contribution in [2.45, 2.75) is 20.3 Å². The van der Waals surface area contributed by atoms with Crippen molar-refractivity contribution < 1.29 is 4.39 Å². The van der Waals surface area contributed by atoms with Crippen molar-refractivity contribution in [3.05, 3.63) is 76.1 Å². The van der Waals surface area contributed by atoms with E-state index in [2.05, 4.69) is 17.1 Å². The van der Waals surface area contributed by atoms with Crippen molar-refractivity contribution in [1.82, 2.24) is 0 Å². The van der Waals surface area contributed by atoms with Gasteiger partial charge in [-0.15, -0.1) is 0 Å². The van der Waals surface area contributed by atoms with Crippen molar-refractivity contribution in [2.75, 3.05) is 7.05 Å². The average Bonchev–Trinajstić information content (AvgIpc) is 2.49. The fraction of sp³-hybridized carbons (Fsp3) is 0.211. The highest BCUT2D eigenvalue weighted by atomic mass is 19.1. The van der Waals surface area contributed by atoms with Crippen LogP contribution in [-0.2, 0) is 6.42 Å². The summed E-state index contributed by atoms with van der Waals surface area (Å²) in [6, 6.07) is 13.5. The fourth-order valence-corrected chi connectivity index (χ4v) is 3.03. The summed E-state index contributed by atoms with van der Waals surface area (Å²) in [6.45, 7) is 4.03. The van der Waals surface area contributed by atoms with Crippen molar-refractivity contribution in [1.29, 1.82) is 0 Å². The van der Waals surface area contributed by atoms with Gasteiger partial charge in [-0.3, -0.25) is 4.99 Å². The van der Waals surface area contributed by atoms with E-state index in [4.69, 9.17) is 0 Å². The molecule has 0 N–H and O–H groups in total. The molecule has 0 radical (unpaired) electrons. The largest absolute Gasteiger partial charge is 0.288 e.